The summed E-state index contributed by atoms with van der Waals surface area (Å²) in [6, 6.07) is 7.65. The van der Waals surface area contributed by atoms with Gasteiger partial charge in [-0.25, -0.2) is 9.18 Å². The molecule has 0 atom stereocenters. The predicted molar refractivity (Wildman–Crippen MR) is 56.4 cm³/mol. The first-order valence-corrected chi connectivity index (χ1v) is 4.58. The zero-order chi connectivity index (χ0) is 11.5. The summed E-state index contributed by atoms with van der Waals surface area (Å²) in [7, 11) is 1.72. The Hall–Kier alpha value is -2.26. The number of aryl methyl sites for hydroxylation is 1. The number of rotatable bonds is 2. The van der Waals surface area contributed by atoms with Crippen LogP contribution in [0.3, 0.4) is 0 Å². The van der Waals surface area contributed by atoms with Crippen LogP contribution in [0.25, 0.3) is 11.3 Å². The molecule has 2 aromatic rings. The van der Waals surface area contributed by atoms with Gasteiger partial charge >= 0.3 is 0 Å². The third-order valence-corrected chi connectivity index (χ3v) is 2.17. The van der Waals surface area contributed by atoms with Crippen molar-refractivity contribution in [3.05, 3.63) is 36.1 Å². The highest BCUT2D eigenvalue weighted by Gasteiger charge is 2.06. The molecule has 5 heteroatoms. The number of hydrogen-bond donors (Lipinski definition) is 0. The fourth-order valence-electron chi connectivity index (χ4n) is 1.44. The van der Waals surface area contributed by atoms with Crippen LogP contribution in [-0.4, -0.2) is 15.9 Å². The van der Waals surface area contributed by atoms with Crippen molar-refractivity contribution in [1.29, 1.82) is 0 Å². The van der Waals surface area contributed by atoms with Gasteiger partial charge in [-0.3, -0.25) is 4.68 Å². The monoisotopic (exact) mass is 217 g/mol. The van der Waals surface area contributed by atoms with E-state index in [-0.39, 0.29) is 11.6 Å². The average molecular weight is 217 g/mol. The molecular weight excluding hydrogens is 209 g/mol. The molecule has 0 spiro atoms. The van der Waals surface area contributed by atoms with Crippen molar-refractivity contribution < 1.29 is 9.18 Å². The summed E-state index contributed by atoms with van der Waals surface area (Å²) in [6.07, 6.45) is 1.42. The van der Waals surface area contributed by atoms with E-state index in [9.17, 15) is 9.18 Å². The van der Waals surface area contributed by atoms with Gasteiger partial charge in [-0.2, -0.15) is 5.10 Å². The minimum Gasteiger partial charge on any atom is -0.266 e. The third kappa shape index (κ3) is 1.89. The van der Waals surface area contributed by atoms with Crippen molar-refractivity contribution in [1.82, 2.24) is 9.78 Å². The van der Waals surface area contributed by atoms with Crippen LogP contribution in [0.15, 0.2) is 35.3 Å². The fourth-order valence-corrected chi connectivity index (χ4v) is 1.44. The first-order chi connectivity index (χ1) is 7.70. The zero-order valence-corrected chi connectivity index (χ0v) is 8.51. The number of halogens is 1. The Kier molecular flexibility index (Phi) is 2.62. The first-order valence-electron chi connectivity index (χ1n) is 4.58. The number of hydrogen-bond acceptors (Lipinski definition) is 3. The van der Waals surface area contributed by atoms with Gasteiger partial charge in [0.15, 0.2) is 5.82 Å². The van der Waals surface area contributed by atoms with E-state index in [1.807, 2.05) is 0 Å². The van der Waals surface area contributed by atoms with Gasteiger partial charge in [0, 0.05) is 18.7 Å². The standard InChI is InChI=1S/C11H8FN3O/c1-15-10(6-11(14-15)13-7-16)8-2-4-9(12)5-3-8/h2-6H,1H3. The Morgan fingerprint density at radius 1 is 1.38 bits per heavy atom. The minimum absolute atomic E-state index is 0.289. The van der Waals surface area contributed by atoms with Crippen LogP contribution in [0, 0.1) is 5.82 Å². The van der Waals surface area contributed by atoms with Crippen LogP contribution in [0.1, 0.15) is 0 Å². The van der Waals surface area contributed by atoms with Gasteiger partial charge in [0.2, 0.25) is 6.08 Å². The Morgan fingerprint density at radius 2 is 2.06 bits per heavy atom. The molecule has 0 radical (unpaired) electrons. The van der Waals surface area contributed by atoms with Crippen molar-refractivity contribution in [3.63, 3.8) is 0 Å². The topological polar surface area (TPSA) is 47.2 Å². The number of nitrogens with zero attached hydrogens (tertiary/aromatic N) is 3. The minimum atomic E-state index is -0.294. The molecule has 0 N–H and O–H groups in total. The molecule has 0 saturated heterocycles. The summed E-state index contributed by atoms with van der Waals surface area (Å²) >= 11 is 0. The number of benzene rings is 1. The van der Waals surface area contributed by atoms with E-state index in [0.717, 1.165) is 11.3 Å². The fraction of sp³-hybridized carbons (Fsp3) is 0.0909. The van der Waals surface area contributed by atoms with Crippen molar-refractivity contribution in [2.24, 2.45) is 12.0 Å². The van der Waals surface area contributed by atoms with Crippen molar-refractivity contribution in [3.8, 4) is 11.3 Å². The predicted octanol–water partition coefficient (Wildman–Crippen LogP) is 2.19. The second-order valence-corrected chi connectivity index (χ2v) is 3.22. The lowest BCUT2D eigenvalue weighted by molar-refractivity contribution is 0.565. The lowest BCUT2D eigenvalue weighted by Crippen LogP contribution is -1.93. The summed E-state index contributed by atoms with van der Waals surface area (Å²) in [6.45, 7) is 0. The highest BCUT2D eigenvalue weighted by Crippen LogP contribution is 2.23. The lowest BCUT2D eigenvalue weighted by Gasteiger charge is -2.00. The van der Waals surface area contributed by atoms with E-state index in [1.54, 1.807) is 29.9 Å². The maximum atomic E-state index is 12.7. The van der Waals surface area contributed by atoms with Gasteiger partial charge in [0.1, 0.15) is 5.82 Å². The Labute approximate surface area is 91.0 Å². The van der Waals surface area contributed by atoms with Crippen LogP contribution in [0.5, 0.6) is 0 Å². The second-order valence-electron chi connectivity index (χ2n) is 3.22. The Balaban J connectivity index is 2.47. The molecule has 0 unspecified atom stereocenters. The molecule has 0 amide bonds. The highest BCUT2D eigenvalue weighted by molar-refractivity contribution is 5.63. The van der Waals surface area contributed by atoms with Crippen molar-refractivity contribution >= 4 is 11.9 Å². The summed E-state index contributed by atoms with van der Waals surface area (Å²) < 4.78 is 14.3. The lowest BCUT2D eigenvalue weighted by atomic mass is 10.1. The molecule has 4 nitrogen and oxygen atoms in total. The van der Waals surface area contributed by atoms with Gasteiger partial charge in [-0.15, -0.1) is 4.99 Å². The van der Waals surface area contributed by atoms with Gasteiger partial charge < -0.3 is 0 Å². The number of isocyanates is 1. The molecule has 0 aliphatic carbocycles. The van der Waals surface area contributed by atoms with Crippen LogP contribution in [-0.2, 0) is 11.8 Å². The number of carbonyl (C=O) groups excluding carboxylic acids is 1. The van der Waals surface area contributed by atoms with Gasteiger partial charge in [0.25, 0.3) is 0 Å². The summed E-state index contributed by atoms with van der Waals surface area (Å²) in [5.74, 6) is -0.00567. The van der Waals surface area contributed by atoms with Gasteiger partial charge in [-0.05, 0) is 24.3 Å². The van der Waals surface area contributed by atoms with E-state index in [4.69, 9.17) is 0 Å². The van der Waals surface area contributed by atoms with Crippen molar-refractivity contribution in [2.75, 3.05) is 0 Å². The molecule has 0 aliphatic heterocycles. The molecular formula is C11H8FN3O. The van der Waals surface area contributed by atoms with E-state index in [0.29, 0.717) is 0 Å². The van der Waals surface area contributed by atoms with E-state index in [2.05, 4.69) is 10.1 Å². The van der Waals surface area contributed by atoms with Crippen LogP contribution in [0.4, 0.5) is 10.2 Å². The van der Waals surface area contributed by atoms with Crippen LogP contribution in [0.2, 0.25) is 0 Å². The zero-order valence-electron chi connectivity index (χ0n) is 8.51. The Bertz CT molecular complexity index is 553. The van der Waals surface area contributed by atoms with Crippen LogP contribution < -0.4 is 0 Å². The van der Waals surface area contributed by atoms with E-state index >= 15 is 0 Å². The third-order valence-electron chi connectivity index (χ3n) is 2.17. The van der Waals surface area contributed by atoms with Gasteiger partial charge in [-0.1, -0.05) is 0 Å². The Morgan fingerprint density at radius 3 is 2.69 bits per heavy atom. The quantitative estimate of drug-likeness (QED) is 0.571. The molecule has 1 aromatic heterocycles. The average Bonchev–Trinajstić information content (AvgIpc) is 2.61. The normalized spacial score (nSPS) is 9.88. The molecule has 16 heavy (non-hydrogen) atoms. The SMILES string of the molecule is Cn1nc(N=C=O)cc1-c1ccc(F)cc1. The largest absolute Gasteiger partial charge is 0.266 e. The van der Waals surface area contributed by atoms with Crippen LogP contribution >= 0.6 is 0 Å². The summed E-state index contributed by atoms with van der Waals surface area (Å²) in [4.78, 5) is 13.5. The molecule has 1 aromatic carbocycles. The molecule has 0 saturated carbocycles. The molecule has 1 heterocycles. The maximum absolute atomic E-state index is 12.7. The van der Waals surface area contributed by atoms with E-state index in [1.165, 1.54) is 18.2 Å². The maximum Gasteiger partial charge on any atom is 0.242 e. The molecule has 80 valence electrons. The van der Waals surface area contributed by atoms with Gasteiger partial charge in [0.05, 0.1) is 5.69 Å². The molecule has 0 fully saturated rings. The summed E-state index contributed by atoms with van der Waals surface area (Å²) in [5.41, 5.74) is 1.57. The summed E-state index contributed by atoms with van der Waals surface area (Å²) in [5, 5.41) is 3.99. The first kappa shape index (κ1) is 10.3. The smallest absolute Gasteiger partial charge is 0.242 e. The molecule has 0 aliphatic rings. The second kappa shape index (κ2) is 4.08. The number of aliphatic imine (C=N–C) groups is 1. The number of aromatic nitrogens is 2. The van der Waals surface area contributed by atoms with E-state index < -0.39 is 0 Å². The molecule has 2 rings (SSSR count). The molecule has 0 bridgehead atoms. The van der Waals surface area contributed by atoms with Crippen molar-refractivity contribution in [2.45, 2.75) is 0 Å². The highest BCUT2D eigenvalue weighted by atomic mass is 19.1.